The van der Waals surface area contributed by atoms with Crippen molar-refractivity contribution in [2.75, 3.05) is 19.8 Å². The minimum absolute atomic E-state index is 0.171. The van der Waals surface area contributed by atoms with Gasteiger partial charge in [-0.3, -0.25) is 4.79 Å². The van der Waals surface area contributed by atoms with Crippen molar-refractivity contribution >= 4 is 5.91 Å². The van der Waals surface area contributed by atoms with Crippen LogP contribution in [0.4, 0.5) is 0 Å². The summed E-state index contributed by atoms with van der Waals surface area (Å²) in [5, 5.41) is 3.37. The van der Waals surface area contributed by atoms with E-state index in [0.717, 1.165) is 39.0 Å². The van der Waals surface area contributed by atoms with E-state index in [0.29, 0.717) is 19.1 Å². The summed E-state index contributed by atoms with van der Waals surface area (Å²) in [6.45, 7) is 5.14. The van der Waals surface area contributed by atoms with Crippen LogP contribution >= 0.6 is 0 Å². The molecule has 2 aliphatic rings. The van der Waals surface area contributed by atoms with Gasteiger partial charge in [0.2, 0.25) is 5.91 Å². The number of hydrogen-bond donors (Lipinski definition) is 1. The minimum Gasteiger partial charge on any atom is -0.378 e. The van der Waals surface area contributed by atoms with Gasteiger partial charge in [-0.1, -0.05) is 31.2 Å². The summed E-state index contributed by atoms with van der Waals surface area (Å²) in [6.07, 6.45) is 3.89. The van der Waals surface area contributed by atoms with Crippen LogP contribution in [0.25, 0.3) is 0 Å². The molecular weight excluding hydrogens is 276 g/mol. The first-order valence-electron chi connectivity index (χ1n) is 8.44. The fraction of sp³-hybridized carbons (Fsp3) is 0.611. The highest BCUT2D eigenvalue weighted by Gasteiger charge is 2.33. The molecule has 1 atom stereocenters. The Kier molecular flexibility index (Phi) is 5.11. The first-order chi connectivity index (χ1) is 10.8. The fourth-order valence-corrected chi connectivity index (χ4v) is 2.96. The number of amides is 1. The molecule has 3 rings (SSSR count). The van der Waals surface area contributed by atoms with Crippen LogP contribution in [-0.2, 0) is 22.5 Å². The summed E-state index contributed by atoms with van der Waals surface area (Å²) in [6, 6.07) is 9.27. The number of nitrogens with zero attached hydrogens (tertiary/aromatic N) is 1. The van der Waals surface area contributed by atoms with Crippen molar-refractivity contribution in [1.29, 1.82) is 0 Å². The summed E-state index contributed by atoms with van der Waals surface area (Å²) >= 11 is 0. The Hall–Kier alpha value is -1.39. The maximum absolute atomic E-state index is 12.7. The van der Waals surface area contributed by atoms with Crippen molar-refractivity contribution in [2.45, 2.75) is 51.2 Å². The largest absolute Gasteiger partial charge is 0.378 e. The molecule has 0 spiro atoms. The van der Waals surface area contributed by atoms with Crippen LogP contribution < -0.4 is 5.32 Å². The van der Waals surface area contributed by atoms with E-state index in [1.54, 1.807) is 0 Å². The van der Waals surface area contributed by atoms with Crippen LogP contribution in [0.2, 0.25) is 0 Å². The van der Waals surface area contributed by atoms with Crippen molar-refractivity contribution in [3.63, 3.8) is 0 Å². The van der Waals surface area contributed by atoms with Crippen molar-refractivity contribution in [1.82, 2.24) is 10.2 Å². The third kappa shape index (κ3) is 4.08. The first kappa shape index (κ1) is 15.5. The van der Waals surface area contributed by atoms with E-state index in [4.69, 9.17) is 4.74 Å². The number of hydrogen-bond acceptors (Lipinski definition) is 3. The lowest BCUT2D eigenvalue weighted by Gasteiger charge is -2.28. The summed E-state index contributed by atoms with van der Waals surface area (Å²) in [7, 11) is 0. The van der Waals surface area contributed by atoms with E-state index in [2.05, 4.69) is 41.4 Å². The molecule has 1 aromatic rings. The fourth-order valence-electron chi connectivity index (χ4n) is 2.96. The van der Waals surface area contributed by atoms with Gasteiger partial charge in [0.1, 0.15) is 0 Å². The molecule has 1 aliphatic carbocycles. The van der Waals surface area contributed by atoms with Gasteiger partial charge in [-0.25, -0.2) is 0 Å². The van der Waals surface area contributed by atoms with E-state index in [-0.39, 0.29) is 11.9 Å². The van der Waals surface area contributed by atoms with Crippen LogP contribution in [0.15, 0.2) is 24.3 Å². The molecule has 1 saturated heterocycles. The van der Waals surface area contributed by atoms with Gasteiger partial charge in [-0.15, -0.1) is 0 Å². The standard InChI is InChI=1S/C18H26N2O2/c1-2-14-3-5-15(6-4-14)12-20(17-7-8-17)18(21)11-16-13-22-10-9-19-16/h3-6,16-17,19H,2,7-13H2,1H3. The van der Waals surface area contributed by atoms with Crippen molar-refractivity contribution in [3.05, 3.63) is 35.4 Å². The molecule has 0 bridgehead atoms. The third-order valence-corrected chi connectivity index (χ3v) is 4.51. The molecule has 4 heteroatoms. The van der Waals surface area contributed by atoms with Gasteiger partial charge in [0.05, 0.1) is 13.2 Å². The van der Waals surface area contributed by atoms with Crippen LogP contribution in [0.3, 0.4) is 0 Å². The molecule has 1 N–H and O–H groups in total. The van der Waals surface area contributed by atoms with E-state index >= 15 is 0 Å². The lowest BCUT2D eigenvalue weighted by atomic mass is 10.1. The van der Waals surface area contributed by atoms with Gasteiger partial charge in [-0.05, 0) is 30.4 Å². The molecule has 1 aromatic carbocycles. The smallest absolute Gasteiger partial charge is 0.224 e. The van der Waals surface area contributed by atoms with Gasteiger partial charge in [-0.2, -0.15) is 0 Å². The predicted molar refractivity (Wildman–Crippen MR) is 86.6 cm³/mol. The van der Waals surface area contributed by atoms with Crippen molar-refractivity contribution in [2.24, 2.45) is 0 Å². The molecule has 120 valence electrons. The number of benzene rings is 1. The van der Waals surface area contributed by atoms with E-state index < -0.39 is 0 Å². The zero-order chi connectivity index (χ0) is 15.4. The molecule has 2 fully saturated rings. The highest BCUT2D eigenvalue weighted by Crippen LogP contribution is 2.29. The van der Waals surface area contributed by atoms with E-state index in [1.165, 1.54) is 11.1 Å². The normalized spacial score (nSPS) is 21.6. The molecule has 1 unspecified atom stereocenters. The van der Waals surface area contributed by atoms with Gasteiger partial charge >= 0.3 is 0 Å². The monoisotopic (exact) mass is 302 g/mol. The predicted octanol–water partition coefficient (Wildman–Crippen LogP) is 2.12. The quantitative estimate of drug-likeness (QED) is 0.875. The number of carbonyl (C=O) groups is 1. The number of ether oxygens (including phenoxy) is 1. The Morgan fingerprint density at radius 2 is 2.00 bits per heavy atom. The highest BCUT2D eigenvalue weighted by molar-refractivity contribution is 5.77. The average molecular weight is 302 g/mol. The summed E-state index contributed by atoms with van der Waals surface area (Å²) < 4.78 is 5.45. The van der Waals surface area contributed by atoms with Crippen molar-refractivity contribution in [3.8, 4) is 0 Å². The van der Waals surface area contributed by atoms with Crippen LogP contribution in [0, 0.1) is 0 Å². The number of carbonyl (C=O) groups excluding carboxylic acids is 1. The molecule has 1 saturated carbocycles. The average Bonchev–Trinajstić information content (AvgIpc) is 3.39. The van der Waals surface area contributed by atoms with Gasteiger partial charge in [0, 0.05) is 31.6 Å². The van der Waals surface area contributed by atoms with E-state index in [9.17, 15) is 4.79 Å². The van der Waals surface area contributed by atoms with Gasteiger partial charge < -0.3 is 15.0 Å². The molecule has 0 aromatic heterocycles. The maximum atomic E-state index is 12.7. The number of aryl methyl sites for hydroxylation is 1. The minimum atomic E-state index is 0.171. The second-order valence-electron chi connectivity index (χ2n) is 6.35. The number of nitrogens with one attached hydrogen (secondary N) is 1. The Bertz CT molecular complexity index is 490. The first-order valence-corrected chi connectivity index (χ1v) is 8.44. The highest BCUT2D eigenvalue weighted by atomic mass is 16.5. The topological polar surface area (TPSA) is 41.6 Å². The van der Waals surface area contributed by atoms with E-state index in [1.807, 2.05) is 0 Å². The Balaban J connectivity index is 1.60. The SMILES string of the molecule is CCc1ccc(CN(C(=O)CC2COCCN2)C2CC2)cc1. The summed E-state index contributed by atoms with van der Waals surface area (Å²) in [5.74, 6) is 0.255. The molecule has 1 aliphatic heterocycles. The summed E-state index contributed by atoms with van der Waals surface area (Å²) in [4.78, 5) is 14.7. The Morgan fingerprint density at radius 1 is 1.27 bits per heavy atom. The second kappa shape index (κ2) is 7.25. The second-order valence-corrected chi connectivity index (χ2v) is 6.35. The number of rotatable bonds is 6. The number of morpholine rings is 1. The van der Waals surface area contributed by atoms with Crippen molar-refractivity contribution < 1.29 is 9.53 Å². The molecule has 4 nitrogen and oxygen atoms in total. The van der Waals surface area contributed by atoms with Crippen LogP contribution in [0.5, 0.6) is 0 Å². The molecule has 1 amide bonds. The molecule has 1 heterocycles. The maximum Gasteiger partial charge on any atom is 0.224 e. The lowest BCUT2D eigenvalue weighted by Crippen LogP contribution is -2.45. The molecular formula is C18H26N2O2. The Labute approximate surface area is 132 Å². The third-order valence-electron chi connectivity index (χ3n) is 4.51. The van der Waals surface area contributed by atoms with Gasteiger partial charge in [0.15, 0.2) is 0 Å². The van der Waals surface area contributed by atoms with Gasteiger partial charge in [0.25, 0.3) is 0 Å². The summed E-state index contributed by atoms with van der Waals surface area (Å²) in [5.41, 5.74) is 2.57. The molecule has 0 radical (unpaired) electrons. The zero-order valence-corrected chi connectivity index (χ0v) is 13.4. The zero-order valence-electron chi connectivity index (χ0n) is 13.4. The molecule has 22 heavy (non-hydrogen) atoms. The Morgan fingerprint density at radius 3 is 2.59 bits per heavy atom. The van der Waals surface area contributed by atoms with Crippen LogP contribution in [0.1, 0.15) is 37.3 Å². The van der Waals surface area contributed by atoms with Crippen LogP contribution in [-0.4, -0.2) is 42.6 Å². The lowest BCUT2D eigenvalue weighted by molar-refractivity contribution is -0.133.